The molecule has 2 fully saturated rings. The number of rotatable bonds is 4. The molecular formula is C13H25NO2. The van der Waals surface area contributed by atoms with E-state index in [1.807, 2.05) is 7.05 Å². The Kier molecular flexibility index (Phi) is 4.62. The summed E-state index contributed by atoms with van der Waals surface area (Å²) in [4.78, 5) is 0. The van der Waals surface area contributed by atoms with E-state index in [2.05, 4.69) is 12.2 Å². The highest BCUT2D eigenvalue weighted by Crippen LogP contribution is 2.27. The van der Waals surface area contributed by atoms with E-state index in [1.54, 1.807) is 0 Å². The maximum atomic E-state index is 6.05. The summed E-state index contributed by atoms with van der Waals surface area (Å²) in [6.07, 6.45) is 6.88. The molecule has 1 aliphatic heterocycles. The molecule has 0 spiro atoms. The van der Waals surface area contributed by atoms with Crippen LogP contribution in [0.3, 0.4) is 0 Å². The number of ether oxygens (including phenoxy) is 2. The van der Waals surface area contributed by atoms with Crippen molar-refractivity contribution >= 4 is 0 Å². The normalized spacial score (nSPS) is 40.1. The van der Waals surface area contributed by atoms with Gasteiger partial charge in [-0.05, 0) is 45.1 Å². The van der Waals surface area contributed by atoms with Gasteiger partial charge in [-0.15, -0.1) is 0 Å². The Bertz CT molecular complexity index is 204. The third kappa shape index (κ3) is 3.19. The molecule has 0 aromatic heterocycles. The van der Waals surface area contributed by atoms with E-state index >= 15 is 0 Å². The van der Waals surface area contributed by atoms with Gasteiger partial charge >= 0.3 is 0 Å². The second-order valence-corrected chi connectivity index (χ2v) is 5.32. The molecule has 1 saturated carbocycles. The van der Waals surface area contributed by atoms with E-state index in [1.165, 1.54) is 32.1 Å². The summed E-state index contributed by atoms with van der Waals surface area (Å²) in [5, 5.41) is 3.38. The molecule has 16 heavy (non-hydrogen) atoms. The molecule has 1 heterocycles. The van der Waals surface area contributed by atoms with Crippen molar-refractivity contribution in [1.82, 2.24) is 5.32 Å². The van der Waals surface area contributed by atoms with Gasteiger partial charge in [-0.2, -0.15) is 0 Å². The minimum atomic E-state index is 0.356. The van der Waals surface area contributed by atoms with Crippen LogP contribution >= 0.6 is 0 Å². The van der Waals surface area contributed by atoms with Crippen molar-refractivity contribution in [3.63, 3.8) is 0 Å². The van der Waals surface area contributed by atoms with Gasteiger partial charge in [-0.1, -0.05) is 6.92 Å². The maximum absolute atomic E-state index is 6.05. The Morgan fingerprint density at radius 3 is 2.88 bits per heavy atom. The molecule has 4 atom stereocenters. The van der Waals surface area contributed by atoms with E-state index < -0.39 is 0 Å². The maximum Gasteiger partial charge on any atom is 0.0809 e. The number of likely N-dealkylation sites (N-methyl/N-ethyl adjacent to an activating group) is 1. The number of nitrogens with one attached hydrogen (secondary N) is 1. The Hall–Kier alpha value is -0.120. The highest BCUT2D eigenvalue weighted by molar-refractivity contribution is 4.84. The summed E-state index contributed by atoms with van der Waals surface area (Å²) < 4.78 is 11.6. The van der Waals surface area contributed by atoms with Gasteiger partial charge < -0.3 is 14.8 Å². The first-order valence-corrected chi connectivity index (χ1v) is 6.70. The fourth-order valence-electron chi connectivity index (χ4n) is 2.85. The lowest BCUT2D eigenvalue weighted by Crippen LogP contribution is -2.44. The number of hydrogen-bond donors (Lipinski definition) is 1. The van der Waals surface area contributed by atoms with Crippen molar-refractivity contribution in [2.24, 2.45) is 5.92 Å². The molecule has 3 heteroatoms. The molecule has 3 nitrogen and oxygen atoms in total. The molecule has 0 aromatic rings. The van der Waals surface area contributed by atoms with E-state index in [0.29, 0.717) is 18.2 Å². The van der Waals surface area contributed by atoms with Crippen LogP contribution in [0, 0.1) is 5.92 Å². The van der Waals surface area contributed by atoms with E-state index in [-0.39, 0.29) is 0 Å². The van der Waals surface area contributed by atoms with Crippen molar-refractivity contribution in [3.8, 4) is 0 Å². The van der Waals surface area contributed by atoms with Crippen LogP contribution in [-0.4, -0.2) is 38.5 Å². The minimum Gasteiger partial charge on any atom is -0.376 e. The Balaban J connectivity index is 1.76. The third-order valence-corrected chi connectivity index (χ3v) is 3.94. The second kappa shape index (κ2) is 5.99. The zero-order valence-electron chi connectivity index (χ0n) is 10.6. The van der Waals surface area contributed by atoms with Crippen LogP contribution in [0.1, 0.15) is 39.0 Å². The topological polar surface area (TPSA) is 30.5 Å². The second-order valence-electron chi connectivity index (χ2n) is 5.32. The predicted molar refractivity (Wildman–Crippen MR) is 64.6 cm³/mol. The van der Waals surface area contributed by atoms with E-state index in [9.17, 15) is 0 Å². The van der Waals surface area contributed by atoms with Crippen molar-refractivity contribution in [1.29, 1.82) is 0 Å². The lowest BCUT2D eigenvalue weighted by Gasteiger charge is -2.35. The minimum absolute atomic E-state index is 0.356. The largest absolute Gasteiger partial charge is 0.376 e. The Morgan fingerprint density at radius 1 is 1.31 bits per heavy atom. The monoisotopic (exact) mass is 227 g/mol. The van der Waals surface area contributed by atoms with Crippen molar-refractivity contribution in [2.75, 3.05) is 20.3 Å². The standard InChI is InChI=1S/C13H25NO2/c1-10-5-6-12(14-2)13(8-10)16-9-11-4-3-7-15-11/h10-14H,3-9H2,1-2H3. The molecule has 0 aromatic carbocycles. The zero-order valence-corrected chi connectivity index (χ0v) is 10.6. The van der Waals surface area contributed by atoms with E-state index in [0.717, 1.165) is 19.1 Å². The van der Waals surface area contributed by atoms with Crippen molar-refractivity contribution < 1.29 is 9.47 Å². The molecule has 2 rings (SSSR count). The smallest absolute Gasteiger partial charge is 0.0809 e. The average Bonchev–Trinajstić information content (AvgIpc) is 2.79. The van der Waals surface area contributed by atoms with Gasteiger partial charge in [0, 0.05) is 12.6 Å². The molecular weight excluding hydrogens is 202 g/mol. The lowest BCUT2D eigenvalue weighted by molar-refractivity contribution is -0.0515. The van der Waals surface area contributed by atoms with E-state index in [4.69, 9.17) is 9.47 Å². The predicted octanol–water partition coefficient (Wildman–Crippen LogP) is 1.96. The van der Waals surface area contributed by atoms with Crippen LogP contribution in [0.25, 0.3) is 0 Å². The van der Waals surface area contributed by atoms with Crippen LogP contribution in [0.2, 0.25) is 0 Å². The van der Waals surface area contributed by atoms with Gasteiger partial charge in [0.1, 0.15) is 0 Å². The fraction of sp³-hybridized carbons (Fsp3) is 1.00. The van der Waals surface area contributed by atoms with Crippen LogP contribution in [-0.2, 0) is 9.47 Å². The van der Waals surface area contributed by atoms with Crippen molar-refractivity contribution in [3.05, 3.63) is 0 Å². The molecule has 0 bridgehead atoms. The summed E-state index contributed by atoms with van der Waals surface area (Å²) in [6, 6.07) is 0.539. The first-order valence-electron chi connectivity index (χ1n) is 6.70. The first kappa shape index (κ1) is 12.3. The third-order valence-electron chi connectivity index (χ3n) is 3.94. The van der Waals surface area contributed by atoms with Crippen LogP contribution < -0.4 is 5.32 Å². The molecule has 1 N–H and O–H groups in total. The highest BCUT2D eigenvalue weighted by Gasteiger charge is 2.29. The Labute approximate surface area is 98.9 Å². The Morgan fingerprint density at radius 2 is 2.19 bits per heavy atom. The molecule has 0 radical (unpaired) electrons. The summed E-state index contributed by atoms with van der Waals surface area (Å²) in [5.74, 6) is 0.805. The average molecular weight is 227 g/mol. The van der Waals surface area contributed by atoms with Gasteiger partial charge in [0.05, 0.1) is 18.8 Å². The van der Waals surface area contributed by atoms with Crippen LogP contribution in [0.5, 0.6) is 0 Å². The summed E-state index contributed by atoms with van der Waals surface area (Å²) in [5.41, 5.74) is 0. The molecule has 2 aliphatic rings. The van der Waals surface area contributed by atoms with Gasteiger partial charge in [0.15, 0.2) is 0 Å². The first-order chi connectivity index (χ1) is 7.79. The highest BCUT2D eigenvalue weighted by atomic mass is 16.5. The quantitative estimate of drug-likeness (QED) is 0.796. The SMILES string of the molecule is CNC1CCC(C)CC1OCC1CCCO1. The van der Waals surface area contributed by atoms with Gasteiger partial charge in [0.25, 0.3) is 0 Å². The summed E-state index contributed by atoms with van der Waals surface area (Å²) in [7, 11) is 2.04. The lowest BCUT2D eigenvalue weighted by atomic mass is 9.85. The zero-order chi connectivity index (χ0) is 11.4. The molecule has 94 valence electrons. The summed E-state index contributed by atoms with van der Waals surface area (Å²) in [6.45, 7) is 4.04. The molecule has 1 saturated heterocycles. The molecule has 0 amide bonds. The fourth-order valence-corrected chi connectivity index (χ4v) is 2.85. The van der Waals surface area contributed by atoms with Gasteiger partial charge in [-0.3, -0.25) is 0 Å². The summed E-state index contributed by atoms with van der Waals surface area (Å²) >= 11 is 0. The van der Waals surface area contributed by atoms with Crippen LogP contribution in [0.15, 0.2) is 0 Å². The molecule has 4 unspecified atom stereocenters. The number of hydrogen-bond acceptors (Lipinski definition) is 3. The molecule has 1 aliphatic carbocycles. The van der Waals surface area contributed by atoms with Gasteiger partial charge in [0.2, 0.25) is 0 Å². The van der Waals surface area contributed by atoms with Crippen LogP contribution in [0.4, 0.5) is 0 Å². The van der Waals surface area contributed by atoms with Gasteiger partial charge in [-0.25, -0.2) is 0 Å². The van der Waals surface area contributed by atoms with Crippen molar-refractivity contribution in [2.45, 2.75) is 57.3 Å².